The molecule has 0 aromatic heterocycles. The highest BCUT2D eigenvalue weighted by atomic mass is 32.2. The molecule has 1 atom stereocenters. The normalized spacial score (nSPS) is 16.0. The zero-order valence-electron chi connectivity index (χ0n) is 17.1. The van der Waals surface area contributed by atoms with Gasteiger partial charge in [0.25, 0.3) is 5.91 Å². The van der Waals surface area contributed by atoms with Crippen molar-refractivity contribution in [3.63, 3.8) is 0 Å². The summed E-state index contributed by atoms with van der Waals surface area (Å²) in [7, 11) is -3.54. The van der Waals surface area contributed by atoms with Crippen LogP contribution in [0.5, 0.6) is 5.75 Å². The predicted octanol–water partition coefficient (Wildman–Crippen LogP) is 2.22. The van der Waals surface area contributed by atoms with E-state index in [1.807, 2.05) is 25.1 Å². The molecular formula is C22H28N2O5S. The fourth-order valence-electron chi connectivity index (χ4n) is 3.21. The molecule has 3 rings (SSSR count). The Labute approximate surface area is 178 Å². The number of amides is 1. The van der Waals surface area contributed by atoms with Crippen molar-refractivity contribution in [2.75, 3.05) is 32.9 Å². The maximum absolute atomic E-state index is 12.6. The second kappa shape index (κ2) is 10.6. The Bertz CT molecular complexity index is 910. The third-order valence-corrected chi connectivity index (χ3v) is 6.83. The summed E-state index contributed by atoms with van der Waals surface area (Å²) in [5.41, 5.74) is 1.24. The molecule has 8 heteroatoms. The summed E-state index contributed by atoms with van der Waals surface area (Å²) >= 11 is 0. The minimum Gasteiger partial charge on any atom is -0.484 e. The quantitative estimate of drug-likeness (QED) is 0.657. The Morgan fingerprint density at radius 3 is 2.43 bits per heavy atom. The van der Waals surface area contributed by atoms with Gasteiger partial charge in [-0.05, 0) is 49.6 Å². The van der Waals surface area contributed by atoms with E-state index in [0.717, 1.165) is 12.8 Å². The van der Waals surface area contributed by atoms with Gasteiger partial charge in [0.1, 0.15) is 5.75 Å². The van der Waals surface area contributed by atoms with Crippen LogP contribution < -0.4 is 10.1 Å². The molecule has 1 heterocycles. The Morgan fingerprint density at radius 2 is 1.77 bits per heavy atom. The highest BCUT2D eigenvalue weighted by Crippen LogP contribution is 2.20. The first-order chi connectivity index (χ1) is 14.4. The van der Waals surface area contributed by atoms with Gasteiger partial charge in [-0.1, -0.05) is 30.3 Å². The SMILES string of the molecule is C[C@H](CCc1ccccc1)NC(=O)COc1ccc(S(=O)(=O)N2CCOCC2)cc1. The van der Waals surface area contributed by atoms with Crippen molar-refractivity contribution >= 4 is 15.9 Å². The van der Waals surface area contributed by atoms with E-state index in [0.29, 0.717) is 32.1 Å². The molecule has 0 radical (unpaired) electrons. The zero-order chi connectivity index (χ0) is 21.4. The Balaban J connectivity index is 1.44. The van der Waals surface area contributed by atoms with Crippen LogP contribution in [0.1, 0.15) is 18.9 Å². The molecule has 2 aromatic rings. The molecule has 1 aliphatic heterocycles. The molecular weight excluding hydrogens is 404 g/mol. The van der Waals surface area contributed by atoms with Gasteiger partial charge >= 0.3 is 0 Å². The summed E-state index contributed by atoms with van der Waals surface area (Å²) in [5, 5.41) is 2.92. The van der Waals surface area contributed by atoms with Crippen LogP contribution in [-0.2, 0) is 26.0 Å². The van der Waals surface area contributed by atoms with Crippen molar-refractivity contribution < 1.29 is 22.7 Å². The van der Waals surface area contributed by atoms with E-state index in [1.54, 1.807) is 12.1 Å². The van der Waals surface area contributed by atoms with E-state index in [4.69, 9.17) is 9.47 Å². The molecule has 1 amide bonds. The zero-order valence-corrected chi connectivity index (χ0v) is 17.9. The van der Waals surface area contributed by atoms with Crippen LogP contribution in [0, 0.1) is 0 Å². The number of benzene rings is 2. The van der Waals surface area contributed by atoms with Gasteiger partial charge in [-0.15, -0.1) is 0 Å². The molecule has 162 valence electrons. The third kappa shape index (κ3) is 6.29. The lowest BCUT2D eigenvalue weighted by atomic mass is 10.1. The average molecular weight is 433 g/mol. The Hall–Kier alpha value is -2.42. The average Bonchev–Trinajstić information content (AvgIpc) is 2.78. The van der Waals surface area contributed by atoms with Crippen LogP contribution in [0.2, 0.25) is 0 Å². The lowest BCUT2D eigenvalue weighted by Gasteiger charge is -2.26. The number of ether oxygens (including phenoxy) is 2. The van der Waals surface area contributed by atoms with E-state index < -0.39 is 10.0 Å². The van der Waals surface area contributed by atoms with Crippen LogP contribution in [0.25, 0.3) is 0 Å². The van der Waals surface area contributed by atoms with Crippen molar-refractivity contribution in [1.29, 1.82) is 0 Å². The molecule has 1 aliphatic rings. The van der Waals surface area contributed by atoms with Crippen LogP contribution >= 0.6 is 0 Å². The van der Waals surface area contributed by atoms with Crippen molar-refractivity contribution in [2.24, 2.45) is 0 Å². The fraction of sp³-hybridized carbons (Fsp3) is 0.409. The molecule has 1 saturated heterocycles. The van der Waals surface area contributed by atoms with Crippen LogP contribution in [0.4, 0.5) is 0 Å². The molecule has 0 spiro atoms. The summed E-state index contributed by atoms with van der Waals surface area (Å²) in [4.78, 5) is 12.3. The molecule has 0 bridgehead atoms. The van der Waals surface area contributed by atoms with E-state index in [9.17, 15) is 13.2 Å². The number of hydrogen-bond acceptors (Lipinski definition) is 5. The van der Waals surface area contributed by atoms with E-state index in [2.05, 4.69) is 17.4 Å². The van der Waals surface area contributed by atoms with Crippen LogP contribution in [-0.4, -0.2) is 57.6 Å². The molecule has 2 aromatic carbocycles. The van der Waals surface area contributed by atoms with Gasteiger partial charge in [-0.25, -0.2) is 8.42 Å². The number of carbonyl (C=O) groups is 1. The second-order valence-corrected chi connectivity index (χ2v) is 9.21. The minimum atomic E-state index is -3.54. The monoisotopic (exact) mass is 432 g/mol. The number of hydrogen-bond donors (Lipinski definition) is 1. The number of nitrogens with one attached hydrogen (secondary N) is 1. The van der Waals surface area contributed by atoms with Gasteiger partial charge in [0.15, 0.2) is 6.61 Å². The van der Waals surface area contributed by atoms with Crippen LogP contribution in [0.15, 0.2) is 59.5 Å². The fourth-order valence-corrected chi connectivity index (χ4v) is 4.62. The van der Waals surface area contributed by atoms with E-state index >= 15 is 0 Å². The topological polar surface area (TPSA) is 84.9 Å². The predicted molar refractivity (Wildman–Crippen MR) is 114 cm³/mol. The van der Waals surface area contributed by atoms with Crippen molar-refractivity contribution in [3.8, 4) is 5.75 Å². The smallest absolute Gasteiger partial charge is 0.258 e. The highest BCUT2D eigenvalue weighted by Gasteiger charge is 2.26. The third-order valence-electron chi connectivity index (χ3n) is 4.92. The van der Waals surface area contributed by atoms with Crippen molar-refractivity contribution in [1.82, 2.24) is 9.62 Å². The van der Waals surface area contributed by atoms with Crippen molar-refractivity contribution in [2.45, 2.75) is 30.7 Å². The minimum absolute atomic E-state index is 0.0300. The molecule has 0 aliphatic carbocycles. The van der Waals surface area contributed by atoms with Crippen LogP contribution in [0.3, 0.4) is 0 Å². The van der Waals surface area contributed by atoms with Crippen molar-refractivity contribution in [3.05, 3.63) is 60.2 Å². The summed E-state index contributed by atoms with van der Waals surface area (Å²) in [5.74, 6) is 0.239. The number of nitrogens with zero attached hydrogens (tertiary/aromatic N) is 1. The summed E-state index contributed by atoms with van der Waals surface area (Å²) in [6, 6.07) is 16.3. The van der Waals surface area contributed by atoms with E-state index in [-0.39, 0.29) is 23.5 Å². The maximum atomic E-state index is 12.6. The molecule has 30 heavy (non-hydrogen) atoms. The first-order valence-electron chi connectivity index (χ1n) is 10.1. The standard InChI is InChI=1S/C22H28N2O5S/c1-18(7-8-19-5-3-2-4-6-19)23-22(25)17-29-20-9-11-21(12-10-20)30(26,27)24-13-15-28-16-14-24/h2-6,9-12,18H,7-8,13-17H2,1H3,(H,23,25)/t18-/m1/s1. The molecule has 1 N–H and O–H groups in total. The highest BCUT2D eigenvalue weighted by molar-refractivity contribution is 7.89. The first kappa shape index (κ1) is 22.3. The molecule has 0 unspecified atom stereocenters. The largest absolute Gasteiger partial charge is 0.484 e. The number of aryl methyl sites for hydroxylation is 1. The van der Waals surface area contributed by atoms with Gasteiger partial charge in [-0.3, -0.25) is 4.79 Å². The summed E-state index contributed by atoms with van der Waals surface area (Å²) < 4.78 is 37.4. The maximum Gasteiger partial charge on any atom is 0.258 e. The summed E-state index contributed by atoms with van der Waals surface area (Å²) in [6.45, 7) is 3.35. The van der Waals surface area contributed by atoms with Gasteiger partial charge in [0.05, 0.1) is 18.1 Å². The number of rotatable bonds is 9. The lowest BCUT2D eigenvalue weighted by Crippen LogP contribution is -2.40. The number of sulfonamides is 1. The lowest BCUT2D eigenvalue weighted by molar-refractivity contribution is -0.123. The molecule has 0 saturated carbocycles. The Morgan fingerprint density at radius 1 is 1.10 bits per heavy atom. The van der Waals surface area contributed by atoms with Gasteiger partial charge in [-0.2, -0.15) is 4.31 Å². The van der Waals surface area contributed by atoms with E-state index in [1.165, 1.54) is 22.0 Å². The van der Waals surface area contributed by atoms with Gasteiger partial charge in [0, 0.05) is 19.1 Å². The first-order valence-corrected chi connectivity index (χ1v) is 11.5. The van der Waals surface area contributed by atoms with Gasteiger partial charge in [0.2, 0.25) is 10.0 Å². The Kier molecular flexibility index (Phi) is 7.84. The summed E-state index contributed by atoms with van der Waals surface area (Å²) in [6.07, 6.45) is 1.73. The second-order valence-electron chi connectivity index (χ2n) is 7.27. The molecule has 7 nitrogen and oxygen atoms in total. The molecule has 1 fully saturated rings. The number of morpholine rings is 1. The number of carbonyl (C=O) groups excluding carboxylic acids is 1. The van der Waals surface area contributed by atoms with Gasteiger partial charge < -0.3 is 14.8 Å².